The Bertz CT molecular complexity index is 396. The van der Waals surface area contributed by atoms with Crippen LogP contribution in [0.25, 0.3) is 0 Å². The molecule has 1 amide bonds. The van der Waals surface area contributed by atoms with Crippen molar-refractivity contribution < 1.29 is 19.1 Å². The Kier molecular flexibility index (Phi) is 6.23. The van der Waals surface area contributed by atoms with Gasteiger partial charge in [-0.05, 0) is 60.9 Å². The van der Waals surface area contributed by atoms with Crippen LogP contribution in [0, 0.1) is 0 Å². The fraction of sp³-hybridized carbons (Fsp3) is 0.875. The molecule has 0 aromatic heterocycles. The highest BCUT2D eigenvalue weighted by molar-refractivity contribution is 5.76. The maximum Gasteiger partial charge on any atom is 0.407 e. The highest BCUT2D eigenvalue weighted by atomic mass is 16.6. The highest BCUT2D eigenvalue weighted by Crippen LogP contribution is 2.20. The molecule has 6 heteroatoms. The first-order valence-corrected chi connectivity index (χ1v) is 7.92. The fourth-order valence-corrected chi connectivity index (χ4v) is 2.35. The number of ether oxygens (including phenoxy) is 2. The summed E-state index contributed by atoms with van der Waals surface area (Å²) in [4.78, 5) is 25.8. The van der Waals surface area contributed by atoms with Gasteiger partial charge in [-0.15, -0.1) is 0 Å². The smallest absolute Gasteiger partial charge is 0.407 e. The van der Waals surface area contributed by atoms with Gasteiger partial charge >= 0.3 is 12.1 Å². The SMILES string of the molecule is CC(C)(C)OC(=O)NCCN1CCCC1C(=O)OC(C)(C)C. The van der Waals surface area contributed by atoms with E-state index in [-0.39, 0.29) is 12.0 Å². The van der Waals surface area contributed by atoms with E-state index in [2.05, 4.69) is 10.2 Å². The lowest BCUT2D eigenvalue weighted by Crippen LogP contribution is -2.44. The quantitative estimate of drug-likeness (QED) is 0.807. The summed E-state index contributed by atoms with van der Waals surface area (Å²) in [6, 6.07) is -0.209. The molecule has 1 N–H and O–H groups in total. The number of nitrogens with one attached hydrogen (secondary N) is 1. The lowest BCUT2D eigenvalue weighted by atomic mass is 10.1. The van der Waals surface area contributed by atoms with E-state index in [1.165, 1.54) is 0 Å². The third-order valence-corrected chi connectivity index (χ3v) is 3.11. The Morgan fingerprint density at radius 1 is 1.09 bits per heavy atom. The predicted molar refractivity (Wildman–Crippen MR) is 84.7 cm³/mol. The van der Waals surface area contributed by atoms with Crippen LogP contribution in [-0.4, -0.2) is 53.8 Å². The lowest BCUT2D eigenvalue weighted by molar-refractivity contribution is -0.160. The van der Waals surface area contributed by atoms with Crippen molar-refractivity contribution in [1.82, 2.24) is 10.2 Å². The van der Waals surface area contributed by atoms with Gasteiger partial charge in [-0.3, -0.25) is 9.69 Å². The topological polar surface area (TPSA) is 67.9 Å². The molecule has 1 fully saturated rings. The summed E-state index contributed by atoms with van der Waals surface area (Å²) >= 11 is 0. The van der Waals surface area contributed by atoms with Crippen molar-refractivity contribution in [3.05, 3.63) is 0 Å². The third kappa shape index (κ3) is 7.11. The van der Waals surface area contributed by atoms with Crippen LogP contribution in [0.5, 0.6) is 0 Å². The summed E-state index contributed by atoms with van der Waals surface area (Å²) in [7, 11) is 0. The van der Waals surface area contributed by atoms with Crippen LogP contribution in [0.2, 0.25) is 0 Å². The van der Waals surface area contributed by atoms with E-state index in [1.54, 1.807) is 0 Å². The summed E-state index contributed by atoms with van der Waals surface area (Å²) in [6.07, 6.45) is 1.35. The van der Waals surface area contributed by atoms with Gasteiger partial charge in [0.2, 0.25) is 0 Å². The molecule has 22 heavy (non-hydrogen) atoms. The third-order valence-electron chi connectivity index (χ3n) is 3.11. The summed E-state index contributed by atoms with van der Waals surface area (Å²) in [5.41, 5.74) is -0.975. The van der Waals surface area contributed by atoms with Crippen molar-refractivity contribution in [3.63, 3.8) is 0 Å². The average Bonchev–Trinajstić information content (AvgIpc) is 2.72. The van der Waals surface area contributed by atoms with E-state index in [1.807, 2.05) is 41.5 Å². The molecule has 0 saturated carbocycles. The Morgan fingerprint density at radius 2 is 1.68 bits per heavy atom. The zero-order valence-electron chi connectivity index (χ0n) is 14.7. The number of amides is 1. The van der Waals surface area contributed by atoms with Crippen LogP contribution in [0.4, 0.5) is 4.79 Å². The Labute approximate surface area is 133 Å². The van der Waals surface area contributed by atoms with E-state index in [9.17, 15) is 9.59 Å². The van der Waals surface area contributed by atoms with Gasteiger partial charge in [-0.1, -0.05) is 0 Å². The average molecular weight is 314 g/mol. The van der Waals surface area contributed by atoms with Crippen LogP contribution < -0.4 is 5.32 Å². The number of rotatable bonds is 4. The second kappa shape index (κ2) is 7.31. The highest BCUT2D eigenvalue weighted by Gasteiger charge is 2.33. The number of alkyl carbamates (subject to hydrolysis) is 1. The summed E-state index contributed by atoms with van der Waals surface area (Å²) < 4.78 is 10.6. The molecule has 128 valence electrons. The summed E-state index contributed by atoms with van der Waals surface area (Å²) in [6.45, 7) is 13.0. The first kappa shape index (κ1) is 18.7. The lowest BCUT2D eigenvalue weighted by Gasteiger charge is -2.27. The molecule has 6 nitrogen and oxygen atoms in total. The van der Waals surface area contributed by atoms with Gasteiger partial charge in [-0.2, -0.15) is 0 Å². The molecule has 0 bridgehead atoms. The molecular weight excluding hydrogens is 284 g/mol. The van der Waals surface area contributed by atoms with Gasteiger partial charge in [0.15, 0.2) is 0 Å². The molecule has 0 aromatic rings. The maximum absolute atomic E-state index is 12.2. The molecule has 1 heterocycles. The minimum absolute atomic E-state index is 0.178. The summed E-state index contributed by atoms with van der Waals surface area (Å²) in [5, 5.41) is 2.72. The molecule has 0 aliphatic carbocycles. The van der Waals surface area contributed by atoms with E-state index in [0.29, 0.717) is 13.1 Å². The van der Waals surface area contributed by atoms with E-state index >= 15 is 0 Å². The van der Waals surface area contributed by atoms with Crippen molar-refractivity contribution >= 4 is 12.1 Å². The van der Waals surface area contributed by atoms with E-state index in [4.69, 9.17) is 9.47 Å². The first-order valence-electron chi connectivity index (χ1n) is 7.92. The maximum atomic E-state index is 12.2. The second-order valence-corrected chi connectivity index (χ2v) is 7.66. The van der Waals surface area contributed by atoms with Crippen molar-refractivity contribution in [1.29, 1.82) is 0 Å². The number of carbonyl (C=O) groups is 2. The number of nitrogens with zero attached hydrogens (tertiary/aromatic N) is 1. The first-order chi connectivity index (χ1) is 9.98. The molecule has 0 spiro atoms. The molecular formula is C16H30N2O4. The van der Waals surface area contributed by atoms with Crippen molar-refractivity contribution in [3.8, 4) is 0 Å². The number of hydrogen-bond donors (Lipinski definition) is 1. The number of esters is 1. The van der Waals surface area contributed by atoms with Crippen LogP contribution in [0.15, 0.2) is 0 Å². The van der Waals surface area contributed by atoms with Gasteiger partial charge in [0, 0.05) is 13.1 Å². The van der Waals surface area contributed by atoms with Crippen LogP contribution in [0.3, 0.4) is 0 Å². The number of hydrogen-bond acceptors (Lipinski definition) is 5. The van der Waals surface area contributed by atoms with Crippen LogP contribution in [0.1, 0.15) is 54.4 Å². The van der Waals surface area contributed by atoms with Crippen molar-refractivity contribution in [2.75, 3.05) is 19.6 Å². The zero-order chi connectivity index (χ0) is 17.0. The van der Waals surface area contributed by atoms with Gasteiger partial charge in [-0.25, -0.2) is 4.79 Å². The molecule has 1 aliphatic rings. The number of carbonyl (C=O) groups excluding carboxylic acids is 2. The minimum Gasteiger partial charge on any atom is -0.459 e. The standard InChI is InChI=1S/C16H30N2O4/c1-15(2,3)21-13(19)12-8-7-10-18(12)11-9-17-14(20)22-16(4,5)6/h12H,7-11H2,1-6H3,(H,17,20). The summed E-state index contributed by atoms with van der Waals surface area (Å²) in [5.74, 6) is -0.178. The normalized spacial score (nSPS) is 19.8. The molecule has 0 aromatic carbocycles. The Hall–Kier alpha value is -1.30. The monoisotopic (exact) mass is 314 g/mol. The van der Waals surface area contributed by atoms with Gasteiger partial charge in [0.25, 0.3) is 0 Å². The van der Waals surface area contributed by atoms with Gasteiger partial charge in [0.05, 0.1) is 0 Å². The van der Waals surface area contributed by atoms with Crippen molar-refractivity contribution in [2.24, 2.45) is 0 Å². The van der Waals surface area contributed by atoms with Gasteiger partial charge < -0.3 is 14.8 Å². The predicted octanol–water partition coefficient (Wildman–Crippen LogP) is 2.32. The van der Waals surface area contributed by atoms with E-state index < -0.39 is 17.3 Å². The van der Waals surface area contributed by atoms with Crippen molar-refractivity contribution in [2.45, 2.75) is 71.6 Å². The minimum atomic E-state index is -0.503. The molecule has 1 unspecified atom stereocenters. The number of likely N-dealkylation sites (tertiary alicyclic amines) is 1. The molecule has 1 aliphatic heterocycles. The Balaban J connectivity index is 2.38. The molecule has 0 radical (unpaired) electrons. The molecule has 1 rings (SSSR count). The van der Waals surface area contributed by atoms with E-state index in [0.717, 1.165) is 19.4 Å². The van der Waals surface area contributed by atoms with Crippen LogP contribution in [-0.2, 0) is 14.3 Å². The Morgan fingerprint density at radius 3 is 2.23 bits per heavy atom. The second-order valence-electron chi connectivity index (χ2n) is 7.66. The van der Waals surface area contributed by atoms with Gasteiger partial charge in [0.1, 0.15) is 17.2 Å². The zero-order valence-corrected chi connectivity index (χ0v) is 14.7. The molecule has 1 atom stereocenters. The van der Waals surface area contributed by atoms with Crippen LogP contribution >= 0.6 is 0 Å². The molecule has 1 saturated heterocycles. The fourth-order valence-electron chi connectivity index (χ4n) is 2.35. The largest absolute Gasteiger partial charge is 0.459 e.